The van der Waals surface area contributed by atoms with E-state index in [2.05, 4.69) is 9.88 Å². The van der Waals surface area contributed by atoms with Crippen molar-refractivity contribution in [3.8, 4) is 11.4 Å². The highest BCUT2D eigenvalue weighted by atomic mass is 35.5. The summed E-state index contributed by atoms with van der Waals surface area (Å²) >= 11 is 6.11. The molecule has 3 rings (SSSR count). The van der Waals surface area contributed by atoms with Crippen molar-refractivity contribution in [2.24, 2.45) is 17.1 Å². The third-order valence-electron chi connectivity index (χ3n) is 5.54. The number of fused-ring (bicyclic) bond motifs is 1. The number of aromatic nitrogens is 2. The van der Waals surface area contributed by atoms with E-state index in [0.29, 0.717) is 30.4 Å². The number of benzene rings is 1. The van der Waals surface area contributed by atoms with Crippen LogP contribution < -0.4 is 5.73 Å². The van der Waals surface area contributed by atoms with Crippen LogP contribution in [0.5, 0.6) is 0 Å². The van der Waals surface area contributed by atoms with Gasteiger partial charge < -0.3 is 15.2 Å². The minimum Gasteiger partial charge on any atom is -0.369 e. The third kappa shape index (κ3) is 5.52. The van der Waals surface area contributed by atoms with Crippen LogP contribution in [0.25, 0.3) is 11.4 Å². The first-order valence-electron chi connectivity index (χ1n) is 10.5. The van der Waals surface area contributed by atoms with Crippen LogP contribution in [0.3, 0.4) is 0 Å². The molecule has 1 aromatic carbocycles. The maximum Gasteiger partial charge on any atom is 0.221 e. The molecule has 0 unspecified atom stereocenters. The van der Waals surface area contributed by atoms with Crippen molar-refractivity contribution in [3.63, 3.8) is 0 Å². The summed E-state index contributed by atoms with van der Waals surface area (Å²) in [6.07, 6.45) is 1.33. The van der Waals surface area contributed by atoms with E-state index < -0.39 is 17.6 Å². The number of hydrogen-bond donors (Lipinski definition) is 1. The Hall–Kier alpha value is -2.25. The van der Waals surface area contributed by atoms with Gasteiger partial charge in [0.25, 0.3) is 0 Å². The summed E-state index contributed by atoms with van der Waals surface area (Å²) in [6, 6.07) is 4.31. The lowest BCUT2D eigenvalue weighted by Crippen LogP contribution is -2.30. The van der Waals surface area contributed by atoms with Gasteiger partial charge in [-0.05, 0) is 50.0 Å². The molecule has 8 heteroatoms. The van der Waals surface area contributed by atoms with Crippen molar-refractivity contribution >= 4 is 23.3 Å². The lowest BCUT2D eigenvalue weighted by atomic mass is 9.82. The van der Waals surface area contributed by atoms with E-state index >= 15 is 0 Å². The second kappa shape index (κ2) is 9.09. The van der Waals surface area contributed by atoms with Gasteiger partial charge >= 0.3 is 0 Å². The van der Waals surface area contributed by atoms with Crippen LogP contribution >= 0.6 is 11.6 Å². The molecule has 0 saturated carbocycles. The molecule has 0 bridgehead atoms. The Balaban J connectivity index is 2.05. The second-order valence-electron chi connectivity index (χ2n) is 9.59. The molecule has 2 heterocycles. The van der Waals surface area contributed by atoms with Crippen LogP contribution in [0.15, 0.2) is 18.2 Å². The fourth-order valence-electron chi connectivity index (χ4n) is 4.15. The quantitative estimate of drug-likeness (QED) is 0.668. The van der Waals surface area contributed by atoms with Gasteiger partial charge in [-0.1, -0.05) is 32.4 Å². The Labute approximate surface area is 187 Å². The maximum absolute atomic E-state index is 14.6. The van der Waals surface area contributed by atoms with E-state index in [-0.39, 0.29) is 28.9 Å². The Morgan fingerprint density at radius 2 is 2.00 bits per heavy atom. The second-order valence-corrected chi connectivity index (χ2v) is 10.0. The van der Waals surface area contributed by atoms with Crippen LogP contribution in [0.1, 0.15) is 56.2 Å². The van der Waals surface area contributed by atoms with Crippen molar-refractivity contribution < 1.29 is 14.0 Å². The number of rotatable bonds is 6. The van der Waals surface area contributed by atoms with Gasteiger partial charge in [0.1, 0.15) is 17.3 Å². The van der Waals surface area contributed by atoms with Gasteiger partial charge in [-0.2, -0.15) is 0 Å². The number of primary amides is 1. The fourth-order valence-corrected chi connectivity index (χ4v) is 4.32. The smallest absolute Gasteiger partial charge is 0.221 e. The van der Waals surface area contributed by atoms with Gasteiger partial charge in [0, 0.05) is 30.5 Å². The molecular weight excluding hydrogens is 419 g/mol. The molecule has 31 heavy (non-hydrogen) atoms. The molecule has 0 fully saturated rings. The third-order valence-corrected chi connectivity index (χ3v) is 5.78. The molecule has 0 spiro atoms. The number of carbonyl (C=O) groups is 2. The van der Waals surface area contributed by atoms with Crippen LogP contribution in [0.2, 0.25) is 5.02 Å². The Morgan fingerprint density at radius 1 is 1.29 bits per heavy atom. The summed E-state index contributed by atoms with van der Waals surface area (Å²) in [5.74, 6) is -1.39. The van der Waals surface area contributed by atoms with Gasteiger partial charge in [-0.25, -0.2) is 9.37 Å². The zero-order valence-electron chi connectivity index (χ0n) is 18.5. The normalized spacial score (nSPS) is 15.9. The predicted molar refractivity (Wildman–Crippen MR) is 119 cm³/mol. The number of nitrogens with two attached hydrogens (primary N) is 1. The molecule has 1 aliphatic heterocycles. The summed E-state index contributed by atoms with van der Waals surface area (Å²) in [6.45, 7) is 7.99. The van der Waals surface area contributed by atoms with Crippen molar-refractivity contribution in [1.82, 2.24) is 14.5 Å². The van der Waals surface area contributed by atoms with Gasteiger partial charge in [0.05, 0.1) is 11.3 Å². The zero-order valence-corrected chi connectivity index (χ0v) is 19.3. The summed E-state index contributed by atoms with van der Waals surface area (Å²) in [5.41, 5.74) is 6.72. The average Bonchev–Trinajstić information content (AvgIpc) is 2.88. The Kier molecular flexibility index (Phi) is 6.86. The van der Waals surface area contributed by atoms with Crippen molar-refractivity contribution in [2.75, 3.05) is 13.6 Å². The van der Waals surface area contributed by atoms with E-state index in [1.165, 1.54) is 18.2 Å². The monoisotopic (exact) mass is 448 g/mol. The minimum absolute atomic E-state index is 0.0161. The lowest BCUT2D eigenvalue weighted by molar-refractivity contribution is -0.122. The predicted octanol–water partition coefficient (Wildman–Crippen LogP) is 4.29. The van der Waals surface area contributed by atoms with E-state index in [1.54, 1.807) is 0 Å². The molecular formula is C23H30ClFN4O2. The topological polar surface area (TPSA) is 81.2 Å². The van der Waals surface area contributed by atoms with E-state index in [1.807, 2.05) is 32.4 Å². The lowest BCUT2D eigenvalue weighted by Gasteiger charge is -2.23. The van der Waals surface area contributed by atoms with Crippen molar-refractivity contribution in [1.29, 1.82) is 0 Å². The minimum atomic E-state index is -0.584. The Morgan fingerprint density at radius 3 is 2.65 bits per heavy atom. The number of carbonyl (C=O) groups excluding carboxylic acids is 2. The largest absolute Gasteiger partial charge is 0.369 e. The first-order valence-corrected chi connectivity index (χ1v) is 10.9. The SMILES string of the molecule is CN1CCCn2c(-c3cc(Cl)ccc3F)nc(C(=O)C[C@@H](CC(C)(C)C)C(N)=O)c2C1. The van der Waals surface area contributed by atoms with E-state index in [4.69, 9.17) is 17.3 Å². The standard InChI is InChI=1S/C23H30ClFN4O2/c1-23(2,3)12-14(21(26)31)10-19(30)20-18-13-28(4)8-5-9-29(18)22(27-20)16-11-15(24)6-7-17(16)25/h6-7,11,14H,5,8-10,12-13H2,1-4H3,(H2,26,31)/t14-/m0/s1. The molecule has 0 saturated heterocycles. The number of ketones is 1. The highest BCUT2D eigenvalue weighted by molar-refractivity contribution is 6.30. The Bertz CT molecular complexity index is 996. The number of halogens is 2. The molecule has 1 aromatic heterocycles. The molecule has 6 nitrogen and oxygen atoms in total. The molecule has 2 N–H and O–H groups in total. The first-order chi connectivity index (χ1) is 14.5. The summed E-state index contributed by atoms with van der Waals surface area (Å²) in [4.78, 5) is 32.0. The summed E-state index contributed by atoms with van der Waals surface area (Å²) < 4.78 is 16.6. The number of hydrogen-bond acceptors (Lipinski definition) is 4. The van der Waals surface area contributed by atoms with Crippen LogP contribution in [-0.2, 0) is 17.9 Å². The van der Waals surface area contributed by atoms with E-state index in [9.17, 15) is 14.0 Å². The number of amides is 1. The van der Waals surface area contributed by atoms with Gasteiger partial charge in [0.15, 0.2) is 5.78 Å². The summed E-state index contributed by atoms with van der Waals surface area (Å²) in [7, 11) is 1.97. The number of Topliss-reactive ketones (excluding diaryl/α,β-unsaturated/α-hetero) is 1. The van der Waals surface area contributed by atoms with Gasteiger partial charge in [-0.15, -0.1) is 0 Å². The molecule has 0 aliphatic carbocycles. The highest BCUT2D eigenvalue weighted by Gasteiger charge is 2.31. The summed E-state index contributed by atoms with van der Waals surface area (Å²) in [5, 5.41) is 0.395. The highest BCUT2D eigenvalue weighted by Crippen LogP contribution is 2.32. The average molecular weight is 449 g/mol. The number of nitrogens with zero attached hydrogens (tertiary/aromatic N) is 3. The molecule has 1 amide bonds. The van der Waals surface area contributed by atoms with Crippen LogP contribution in [0.4, 0.5) is 4.39 Å². The molecule has 2 aromatic rings. The zero-order chi connectivity index (χ0) is 22.9. The van der Waals surface area contributed by atoms with Gasteiger partial charge in [-0.3, -0.25) is 9.59 Å². The van der Waals surface area contributed by atoms with Gasteiger partial charge in [0.2, 0.25) is 5.91 Å². The molecule has 0 radical (unpaired) electrons. The molecule has 168 valence electrons. The molecule has 1 atom stereocenters. The molecule has 1 aliphatic rings. The van der Waals surface area contributed by atoms with Crippen LogP contribution in [-0.4, -0.2) is 39.7 Å². The van der Waals surface area contributed by atoms with Crippen LogP contribution in [0, 0.1) is 17.2 Å². The maximum atomic E-state index is 14.6. The van der Waals surface area contributed by atoms with E-state index in [0.717, 1.165) is 18.7 Å². The van der Waals surface area contributed by atoms with Crippen molar-refractivity contribution in [2.45, 2.75) is 53.1 Å². The fraction of sp³-hybridized carbons (Fsp3) is 0.522. The first kappa shape index (κ1) is 23.4. The number of imidazole rings is 1. The van der Waals surface area contributed by atoms with Crippen molar-refractivity contribution in [3.05, 3.63) is 40.4 Å².